The van der Waals surface area contributed by atoms with Gasteiger partial charge in [0.25, 0.3) is 5.22 Å². The third-order valence-electron chi connectivity index (χ3n) is 4.13. The van der Waals surface area contributed by atoms with Gasteiger partial charge in [0.15, 0.2) is 0 Å². The highest BCUT2D eigenvalue weighted by Crippen LogP contribution is 2.36. The van der Waals surface area contributed by atoms with E-state index in [2.05, 4.69) is 15.5 Å². The summed E-state index contributed by atoms with van der Waals surface area (Å²) in [5, 5.41) is 11.1. The van der Waals surface area contributed by atoms with E-state index in [9.17, 15) is 4.79 Å². The van der Waals surface area contributed by atoms with E-state index in [1.54, 1.807) is 0 Å². The molecule has 0 aliphatic rings. The lowest BCUT2D eigenvalue weighted by molar-refractivity contribution is -0.115. The summed E-state index contributed by atoms with van der Waals surface area (Å²) in [4.78, 5) is 13.1. The number of aromatic nitrogens is 2. The predicted molar refractivity (Wildman–Crippen MR) is 108 cm³/mol. The monoisotopic (exact) mass is 381 g/mol. The Labute approximate surface area is 163 Å². The Bertz CT molecular complexity index is 922. The van der Waals surface area contributed by atoms with Crippen LogP contribution in [0.1, 0.15) is 47.6 Å². The lowest BCUT2D eigenvalue weighted by atomic mass is 10.1. The summed E-state index contributed by atoms with van der Waals surface area (Å²) in [6, 6.07) is 15.6. The number of hydrogen-bond acceptors (Lipinski definition) is 5. The van der Waals surface area contributed by atoms with Crippen molar-refractivity contribution in [2.75, 3.05) is 5.32 Å². The molecule has 1 N–H and O–H groups in total. The van der Waals surface area contributed by atoms with E-state index in [1.165, 1.54) is 11.8 Å². The third kappa shape index (κ3) is 4.77. The van der Waals surface area contributed by atoms with Crippen molar-refractivity contribution in [1.82, 2.24) is 10.2 Å². The van der Waals surface area contributed by atoms with Crippen LogP contribution in [0.4, 0.5) is 5.69 Å². The van der Waals surface area contributed by atoms with Crippen LogP contribution in [0.15, 0.2) is 58.2 Å². The molecule has 27 heavy (non-hydrogen) atoms. The molecule has 1 atom stereocenters. The normalized spacial score (nSPS) is 12.2. The van der Waals surface area contributed by atoms with E-state index in [0.29, 0.717) is 11.1 Å². The van der Waals surface area contributed by atoms with Gasteiger partial charge >= 0.3 is 0 Å². The molecular formula is C21H23N3O2S. The van der Waals surface area contributed by atoms with Gasteiger partial charge in [-0.15, -0.1) is 10.2 Å². The van der Waals surface area contributed by atoms with Crippen LogP contribution in [-0.4, -0.2) is 16.1 Å². The zero-order valence-corrected chi connectivity index (χ0v) is 16.7. The van der Waals surface area contributed by atoms with Crippen molar-refractivity contribution in [3.63, 3.8) is 0 Å². The van der Waals surface area contributed by atoms with Gasteiger partial charge in [0.05, 0.1) is 0 Å². The Kier molecular flexibility index (Phi) is 5.96. The van der Waals surface area contributed by atoms with Gasteiger partial charge in [-0.2, -0.15) is 0 Å². The third-order valence-corrected chi connectivity index (χ3v) is 5.21. The van der Waals surface area contributed by atoms with E-state index in [1.807, 2.05) is 76.2 Å². The molecule has 3 rings (SSSR count). The van der Waals surface area contributed by atoms with Crippen LogP contribution in [0, 0.1) is 13.8 Å². The van der Waals surface area contributed by atoms with E-state index in [4.69, 9.17) is 4.42 Å². The lowest BCUT2D eigenvalue weighted by Crippen LogP contribution is -2.19. The van der Waals surface area contributed by atoms with Crippen molar-refractivity contribution < 1.29 is 9.21 Å². The van der Waals surface area contributed by atoms with Crippen molar-refractivity contribution in [1.29, 1.82) is 0 Å². The van der Waals surface area contributed by atoms with Gasteiger partial charge < -0.3 is 9.73 Å². The van der Waals surface area contributed by atoms with Crippen LogP contribution in [0.25, 0.3) is 0 Å². The van der Waals surface area contributed by atoms with Crippen molar-refractivity contribution in [3.05, 3.63) is 71.1 Å². The van der Waals surface area contributed by atoms with Gasteiger partial charge in [-0.3, -0.25) is 4.79 Å². The standard InChI is InChI=1S/C21H23N3O2S/c1-13(2)20-23-24-21(26-20)27-18(16-8-6-5-7-9-16)19(25)22-17-12-14(3)10-11-15(17)4/h5-13,18H,1-4H3,(H,22,25)/t18-/m0/s1. The van der Waals surface area contributed by atoms with Crippen LogP contribution in [0.2, 0.25) is 0 Å². The van der Waals surface area contributed by atoms with Gasteiger partial charge in [0, 0.05) is 11.6 Å². The Morgan fingerprint density at radius 3 is 2.48 bits per heavy atom. The summed E-state index contributed by atoms with van der Waals surface area (Å²) >= 11 is 1.27. The lowest BCUT2D eigenvalue weighted by Gasteiger charge is -2.16. The Balaban J connectivity index is 1.87. The number of rotatable bonds is 6. The molecule has 1 aromatic heterocycles. The zero-order chi connectivity index (χ0) is 19.4. The Morgan fingerprint density at radius 2 is 1.81 bits per heavy atom. The van der Waals surface area contributed by atoms with Gasteiger partial charge in [-0.05, 0) is 48.4 Å². The zero-order valence-electron chi connectivity index (χ0n) is 15.9. The topological polar surface area (TPSA) is 68.0 Å². The second kappa shape index (κ2) is 8.39. The fraction of sp³-hybridized carbons (Fsp3) is 0.286. The number of benzene rings is 2. The van der Waals surface area contributed by atoms with Crippen LogP contribution in [0.5, 0.6) is 0 Å². The highest BCUT2D eigenvalue weighted by Gasteiger charge is 2.25. The summed E-state index contributed by atoms with van der Waals surface area (Å²) in [5.74, 6) is 0.592. The minimum absolute atomic E-state index is 0.121. The van der Waals surface area contributed by atoms with E-state index in [0.717, 1.165) is 22.4 Å². The second-order valence-corrected chi connectivity index (χ2v) is 7.83. The van der Waals surface area contributed by atoms with Crippen molar-refractivity contribution >= 4 is 23.4 Å². The predicted octanol–water partition coefficient (Wildman–Crippen LogP) is 5.28. The average molecular weight is 382 g/mol. The fourth-order valence-corrected chi connectivity index (χ4v) is 3.45. The van der Waals surface area contributed by atoms with E-state index in [-0.39, 0.29) is 11.8 Å². The number of hydrogen-bond donors (Lipinski definition) is 1. The van der Waals surface area contributed by atoms with E-state index >= 15 is 0 Å². The van der Waals surface area contributed by atoms with Crippen LogP contribution in [0.3, 0.4) is 0 Å². The fourth-order valence-electron chi connectivity index (χ4n) is 2.57. The molecule has 140 valence electrons. The highest BCUT2D eigenvalue weighted by atomic mass is 32.2. The molecule has 3 aromatic rings. The largest absolute Gasteiger partial charge is 0.416 e. The summed E-state index contributed by atoms with van der Waals surface area (Å²) in [5.41, 5.74) is 3.81. The maximum Gasteiger partial charge on any atom is 0.277 e. The summed E-state index contributed by atoms with van der Waals surface area (Å²) in [7, 11) is 0. The number of amides is 1. The summed E-state index contributed by atoms with van der Waals surface area (Å²) in [6.45, 7) is 7.96. The van der Waals surface area contributed by atoms with Gasteiger partial charge in [0.2, 0.25) is 11.8 Å². The minimum Gasteiger partial charge on any atom is -0.416 e. The average Bonchev–Trinajstić information content (AvgIpc) is 3.12. The number of carbonyl (C=O) groups excluding carboxylic acids is 1. The van der Waals surface area contributed by atoms with Crippen molar-refractivity contribution in [2.45, 2.75) is 44.1 Å². The molecule has 5 nitrogen and oxygen atoms in total. The first-order chi connectivity index (χ1) is 12.9. The molecule has 0 bridgehead atoms. The molecule has 0 aliphatic heterocycles. The first-order valence-electron chi connectivity index (χ1n) is 8.87. The number of carbonyl (C=O) groups is 1. The molecule has 2 aromatic carbocycles. The van der Waals surface area contributed by atoms with Gasteiger partial charge in [0.1, 0.15) is 5.25 Å². The molecule has 0 unspecified atom stereocenters. The smallest absolute Gasteiger partial charge is 0.277 e. The number of thioether (sulfide) groups is 1. The first kappa shape index (κ1) is 19.2. The summed E-state index contributed by atoms with van der Waals surface area (Å²) in [6.07, 6.45) is 0. The Hall–Kier alpha value is -2.60. The van der Waals surface area contributed by atoms with Crippen LogP contribution < -0.4 is 5.32 Å². The molecule has 0 radical (unpaired) electrons. The van der Waals surface area contributed by atoms with Crippen LogP contribution in [-0.2, 0) is 4.79 Å². The molecule has 1 amide bonds. The number of aryl methyl sites for hydroxylation is 2. The molecule has 0 spiro atoms. The van der Waals surface area contributed by atoms with E-state index < -0.39 is 5.25 Å². The van der Waals surface area contributed by atoms with Crippen molar-refractivity contribution in [3.8, 4) is 0 Å². The van der Waals surface area contributed by atoms with Gasteiger partial charge in [-0.1, -0.05) is 56.3 Å². The molecule has 6 heteroatoms. The quantitative estimate of drug-likeness (QED) is 0.588. The molecule has 0 fully saturated rings. The van der Waals surface area contributed by atoms with Crippen LogP contribution >= 0.6 is 11.8 Å². The molecule has 0 aliphatic carbocycles. The number of nitrogens with one attached hydrogen (secondary N) is 1. The second-order valence-electron chi connectivity index (χ2n) is 6.78. The van der Waals surface area contributed by atoms with Crippen molar-refractivity contribution in [2.24, 2.45) is 0 Å². The number of anilines is 1. The first-order valence-corrected chi connectivity index (χ1v) is 9.75. The number of nitrogens with zero attached hydrogens (tertiary/aromatic N) is 2. The SMILES string of the molecule is Cc1ccc(C)c(NC(=O)[C@@H](Sc2nnc(C(C)C)o2)c2ccccc2)c1. The molecule has 0 saturated carbocycles. The van der Waals surface area contributed by atoms with Gasteiger partial charge in [-0.25, -0.2) is 0 Å². The molecule has 0 saturated heterocycles. The highest BCUT2D eigenvalue weighted by molar-refractivity contribution is 8.00. The maximum atomic E-state index is 13.1. The molecule has 1 heterocycles. The minimum atomic E-state index is -0.494. The molecular weight excluding hydrogens is 358 g/mol. The maximum absolute atomic E-state index is 13.1. The Morgan fingerprint density at radius 1 is 1.07 bits per heavy atom. The summed E-state index contributed by atoms with van der Waals surface area (Å²) < 4.78 is 5.70.